The molecule has 0 aromatic rings. The van der Waals surface area contributed by atoms with Crippen molar-refractivity contribution in [1.29, 1.82) is 0 Å². The fraction of sp³-hybridized carbons (Fsp3) is 0.524. The van der Waals surface area contributed by atoms with Gasteiger partial charge in [0.15, 0.2) is 5.78 Å². The molecule has 0 bridgehead atoms. The first kappa shape index (κ1) is 25.3. The van der Waals surface area contributed by atoms with Crippen LogP contribution in [-0.4, -0.2) is 61.9 Å². The van der Waals surface area contributed by atoms with Gasteiger partial charge in [0, 0.05) is 17.9 Å². The summed E-state index contributed by atoms with van der Waals surface area (Å²) in [5.41, 5.74) is -4.13. The molecule has 9 nitrogen and oxygen atoms in total. The van der Waals surface area contributed by atoms with Gasteiger partial charge in [0.25, 0.3) is 0 Å². The third-order valence-corrected chi connectivity index (χ3v) is 5.01. The Morgan fingerprint density at radius 2 is 1.87 bits per heavy atom. The lowest BCUT2D eigenvalue weighted by Crippen LogP contribution is -2.52. The number of carboxylic acids is 2. The Kier molecular flexibility index (Phi) is 7.88. The van der Waals surface area contributed by atoms with E-state index in [2.05, 4.69) is 0 Å². The number of aliphatic hydroxyl groups is 2. The van der Waals surface area contributed by atoms with Crippen molar-refractivity contribution in [1.82, 2.24) is 0 Å². The second-order valence-electron chi connectivity index (χ2n) is 8.26. The predicted octanol–water partition coefficient (Wildman–Crippen LogP) is 1.39. The average molecular weight is 424 g/mol. The monoisotopic (exact) mass is 424 g/mol. The van der Waals surface area contributed by atoms with E-state index >= 15 is 0 Å². The average Bonchev–Trinajstić information content (AvgIpc) is 2.54. The second kappa shape index (κ2) is 9.36. The molecule has 0 heterocycles. The second-order valence-corrected chi connectivity index (χ2v) is 8.26. The zero-order valence-corrected chi connectivity index (χ0v) is 17.5. The Labute approximate surface area is 174 Å². The Bertz CT molecular complexity index is 818. The van der Waals surface area contributed by atoms with Crippen LogP contribution in [0.4, 0.5) is 0 Å². The Hall–Kier alpha value is -2.78. The van der Waals surface area contributed by atoms with E-state index in [0.29, 0.717) is 11.1 Å². The number of hydrogen-bond donors (Lipinski definition) is 4. The first-order chi connectivity index (χ1) is 13.6. The molecule has 0 saturated carbocycles. The predicted molar refractivity (Wildman–Crippen MR) is 105 cm³/mol. The molecule has 3 atom stereocenters. The number of esters is 1. The van der Waals surface area contributed by atoms with E-state index < -0.39 is 47.4 Å². The summed E-state index contributed by atoms with van der Waals surface area (Å²) in [6.45, 7) is 5.43. The van der Waals surface area contributed by atoms with E-state index in [1.807, 2.05) is 0 Å². The fourth-order valence-electron chi connectivity index (χ4n) is 3.38. The maximum Gasteiger partial charge on any atom is 0.328 e. The first-order valence-corrected chi connectivity index (χ1v) is 9.24. The number of hydrogen-bond acceptors (Lipinski definition) is 7. The van der Waals surface area contributed by atoms with E-state index in [9.17, 15) is 29.4 Å². The number of carbonyl (C=O) groups excluding carboxylic acids is 2. The summed E-state index contributed by atoms with van der Waals surface area (Å²) in [5.74, 6) is -3.58. The van der Waals surface area contributed by atoms with E-state index in [4.69, 9.17) is 14.9 Å². The van der Waals surface area contributed by atoms with Gasteiger partial charge in [0.2, 0.25) is 0 Å². The minimum Gasteiger partial charge on any atom is -0.481 e. The number of aliphatic carboxylic acids is 2. The van der Waals surface area contributed by atoms with Crippen LogP contribution in [0.25, 0.3) is 0 Å². The van der Waals surface area contributed by atoms with Crippen molar-refractivity contribution in [2.45, 2.75) is 58.2 Å². The van der Waals surface area contributed by atoms with Gasteiger partial charge in [-0.15, -0.1) is 0 Å². The molecule has 0 spiro atoms. The first-order valence-electron chi connectivity index (χ1n) is 9.24. The molecule has 0 fully saturated rings. The zero-order valence-electron chi connectivity index (χ0n) is 17.5. The lowest BCUT2D eigenvalue weighted by atomic mass is 9.63. The standard InChI is InChI=1S/C21H28O9/c1-13(7-16(23)24)5-6-21(29)14(2)8-15(22)9-19(21,3)12-30-18(27)11-20(4,28)10-17(25)26/h5-8,28-29H,9-12H2,1-4H3,(H,23,24)(H,25,26)/b6-5+,13-7-/t19-,20+,21-/m1/s1. The number of carboxylic acid groups (broad SMARTS) is 2. The van der Waals surface area contributed by atoms with Crippen molar-refractivity contribution in [3.05, 3.63) is 35.5 Å². The van der Waals surface area contributed by atoms with Crippen LogP contribution in [0.1, 0.15) is 47.0 Å². The van der Waals surface area contributed by atoms with Gasteiger partial charge in [-0.05, 0) is 44.1 Å². The molecule has 1 aliphatic rings. The molecule has 166 valence electrons. The van der Waals surface area contributed by atoms with E-state index in [1.54, 1.807) is 6.92 Å². The van der Waals surface area contributed by atoms with Gasteiger partial charge in [-0.2, -0.15) is 0 Å². The summed E-state index contributed by atoms with van der Waals surface area (Å²) in [7, 11) is 0. The molecule has 0 amide bonds. The highest BCUT2D eigenvalue weighted by Gasteiger charge is 2.51. The highest BCUT2D eigenvalue weighted by Crippen LogP contribution is 2.45. The smallest absolute Gasteiger partial charge is 0.328 e. The summed E-state index contributed by atoms with van der Waals surface area (Å²) in [6, 6.07) is 0. The van der Waals surface area contributed by atoms with Gasteiger partial charge in [0.1, 0.15) is 12.2 Å². The molecule has 0 saturated heterocycles. The molecule has 4 N–H and O–H groups in total. The molecule has 1 rings (SSSR count). The third kappa shape index (κ3) is 6.64. The van der Waals surface area contributed by atoms with Crippen molar-refractivity contribution in [2.75, 3.05) is 6.61 Å². The lowest BCUT2D eigenvalue weighted by Gasteiger charge is -2.45. The molecular weight excluding hydrogens is 396 g/mol. The maximum absolute atomic E-state index is 12.1. The topological polar surface area (TPSA) is 158 Å². The van der Waals surface area contributed by atoms with Crippen LogP contribution in [0.15, 0.2) is 35.5 Å². The number of ether oxygens (including phenoxy) is 1. The summed E-state index contributed by atoms with van der Waals surface area (Å²) < 4.78 is 5.19. The van der Waals surface area contributed by atoms with E-state index in [0.717, 1.165) is 6.08 Å². The molecule has 9 heteroatoms. The van der Waals surface area contributed by atoms with Gasteiger partial charge in [-0.3, -0.25) is 14.4 Å². The Balaban J connectivity index is 3.08. The van der Waals surface area contributed by atoms with Crippen LogP contribution < -0.4 is 0 Å². The molecule has 0 aromatic carbocycles. The van der Waals surface area contributed by atoms with Gasteiger partial charge in [0.05, 0.1) is 18.4 Å². The van der Waals surface area contributed by atoms with Crippen molar-refractivity contribution < 1.29 is 44.3 Å². The van der Waals surface area contributed by atoms with Crippen LogP contribution in [0, 0.1) is 5.41 Å². The van der Waals surface area contributed by atoms with Gasteiger partial charge in [-0.25, -0.2) is 4.79 Å². The Morgan fingerprint density at radius 3 is 2.40 bits per heavy atom. The van der Waals surface area contributed by atoms with Crippen LogP contribution in [-0.2, 0) is 23.9 Å². The third-order valence-electron chi connectivity index (χ3n) is 5.01. The van der Waals surface area contributed by atoms with Gasteiger partial charge < -0.3 is 25.2 Å². The van der Waals surface area contributed by atoms with E-state index in [1.165, 1.54) is 39.0 Å². The number of allylic oxidation sites excluding steroid dienone is 3. The maximum atomic E-state index is 12.1. The van der Waals surface area contributed by atoms with Gasteiger partial charge in [-0.1, -0.05) is 13.0 Å². The van der Waals surface area contributed by atoms with Crippen LogP contribution in [0.5, 0.6) is 0 Å². The summed E-state index contributed by atoms with van der Waals surface area (Å²) in [6.07, 6.45) is 3.62. The molecule has 0 radical (unpaired) electrons. The Morgan fingerprint density at radius 1 is 1.27 bits per heavy atom. The highest BCUT2D eigenvalue weighted by atomic mass is 16.5. The zero-order chi connectivity index (χ0) is 23.3. The summed E-state index contributed by atoms with van der Waals surface area (Å²) >= 11 is 0. The van der Waals surface area contributed by atoms with Crippen LogP contribution in [0.3, 0.4) is 0 Å². The van der Waals surface area contributed by atoms with Crippen LogP contribution in [0.2, 0.25) is 0 Å². The van der Waals surface area contributed by atoms with E-state index in [-0.39, 0.29) is 18.8 Å². The van der Waals surface area contributed by atoms with Crippen molar-refractivity contribution >= 4 is 23.7 Å². The molecule has 0 unspecified atom stereocenters. The summed E-state index contributed by atoms with van der Waals surface area (Å²) in [4.78, 5) is 45.8. The summed E-state index contributed by atoms with van der Waals surface area (Å²) in [5, 5.41) is 38.9. The van der Waals surface area contributed by atoms with Crippen molar-refractivity contribution in [3.8, 4) is 0 Å². The number of ketones is 1. The molecule has 0 aromatic heterocycles. The minimum absolute atomic E-state index is 0.147. The van der Waals surface area contributed by atoms with Crippen molar-refractivity contribution in [2.24, 2.45) is 5.41 Å². The lowest BCUT2D eigenvalue weighted by molar-refractivity contribution is -0.160. The normalized spacial score (nSPS) is 26.8. The molecule has 1 aliphatic carbocycles. The van der Waals surface area contributed by atoms with Crippen molar-refractivity contribution in [3.63, 3.8) is 0 Å². The minimum atomic E-state index is -1.81. The molecule has 30 heavy (non-hydrogen) atoms. The quantitative estimate of drug-likeness (QED) is 0.244. The largest absolute Gasteiger partial charge is 0.481 e. The highest BCUT2D eigenvalue weighted by molar-refractivity contribution is 5.93. The fourth-order valence-corrected chi connectivity index (χ4v) is 3.38. The number of rotatable bonds is 9. The van der Waals surface area contributed by atoms with Gasteiger partial charge >= 0.3 is 17.9 Å². The SMILES string of the molecule is CC1=CC(=O)C[C@](C)(COC(=O)C[C@@](C)(O)CC(=O)O)[C@@]1(O)/C=C/C(C)=C\C(=O)O. The number of carbonyl (C=O) groups is 4. The molecular formula is C21H28O9. The molecule has 0 aliphatic heterocycles. The van der Waals surface area contributed by atoms with Crippen LogP contribution >= 0.6 is 0 Å².